The van der Waals surface area contributed by atoms with Crippen molar-refractivity contribution in [3.8, 4) is 0 Å². The Bertz CT molecular complexity index is 1140. The maximum atomic E-state index is 13.0. The van der Waals surface area contributed by atoms with Gasteiger partial charge in [-0.1, -0.05) is 30.3 Å². The minimum absolute atomic E-state index is 0.0863. The van der Waals surface area contributed by atoms with Crippen molar-refractivity contribution in [2.45, 2.75) is 23.7 Å². The highest BCUT2D eigenvalue weighted by Gasteiger charge is 2.26. The molecule has 6 nitrogen and oxygen atoms in total. The lowest BCUT2D eigenvalue weighted by atomic mass is 9.93. The number of hydrogen-bond donors (Lipinski definition) is 2. The third-order valence-corrected chi connectivity index (χ3v) is 7.00. The fraction of sp³-hybridized carbons (Fsp3) is 0.261. The SMILES string of the molecule is C=CCNS(=O)(=O)c1cccc(C(=O)N2CCC(c3cc4ccccc4[nH]3)CC2)c1. The molecule has 0 saturated carbocycles. The number of H-pyrrole nitrogens is 1. The highest BCUT2D eigenvalue weighted by molar-refractivity contribution is 7.89. The molecular formula is C23H25N3O3S. The molecule has 1 saturated heterocycles. The number of rotatable bonds is 6. The minimum Gasteiger partial charge on any atom is -0.358 e. The van der Waals surface area contributed by atoms with Crippen LogP contribution in [-0.4, -0.2) is 43.8 Å². The van der Waals surface area contributed by atoms with Gasteiger partial charge in [-0.3, -0.25) is 4.79 Å². The summed E-state index contributed by atoms with van der Waals surface area (Å²) in [6.07, 6.45) is 3.22. The van der Waals surface area contributed by atoms with E-state index in [4.69, 9.17) is 0 Å². The number of para-hydroxylation sites is 1. The second-order valence-corrected chi connectivity index (χ2v) is 9.31. The van der Waals surface area contributed by atoms with Gasteiger partial charge in [0.2, 0.25) is 10.0 Å². The molecule has 2 N–H and O–H groups in total. The molecule has 1 aliphatic rings. The Morgan fingerprint density at radius 3 is 2.63 bits per heavy atom. The van der Waals surface area contributed by atoms with Crippen molar-refractivity contribution in [3.63, 3.8) is 0 Å². The van der Waals surface area contributed by atoms with Crippen molar-refractivity contribution in [2.24, 2.45) is 0 Å². The Kier molecular flexibility index (Phi) is 5.74. The molecule has 7 heteroatoms. The Morgan fingerprint density at radius 1 is 1.13 bits per heavy atom. The minimum atomic E-state index is -3.66. The van der Waals surface area contributed by atoms with Crippen LogP contribution in [0.5, 0.6) is 0 Å². The zero-order valence-electron chi connectivity index (χ0n) is 16.7. The number of hydrogen-bond acceptors (Lipinski definition) is 3. The van der Waals surface area contributed by atoms with E-state index in [2.05, 4.69) is 34.5 Å². The van der Waals surface area contributed by atoms with Crippen LogP contribution in [0.3, 0.4) is 0 Å². The average Bonchev–Trinajstić information content (AvgIpc) is 3.22. The van der Waals surface area contributed by atoms with Crippen molar-refractivity contribution in [2.75, 3.05) is 19.6 Å². The van der Waals surface area contributed by atoms with Gasteiger partial charge in [0.1, 0.15) is 0 Å². The highest BCUT2D eigenvalue weighted by Crippen LogP contribution is 2.30. The van der Waals surface area contributed by atoms with Crippen LogP contribution in [0.2, 0.25) is 0 Å². The largest absolute Gasteiger partial charge is 0.358 e. The van der Waals surface area contributed by atoms with Crippen LogP contribution in [0, 0.1) is 0 Å². The summed E-state index contributed by atoms with van der Waals surface area (Å²) in [4.78, 5) is 18.4. The van der Waals surface area contributed by atoms with E-state index in [1.165, 1.54) is 29.3 Å². The normalized spacial score (nSPS) is 15.4. The number of likely N-dealkylation sites (tertiary alicyclic amines) is 1. The quantitative estimate of drug-likeness (QED) is 0.594. The number of carbonyl (C=O) groups is 1. The molecule has 0 spiro atoms. The molecule has 1 fully saturated rings. The molecule has 0 unspecified atom stereocenters. The third-order valence-electron chi connectivity index (χ3n) is 5.58. The number of piperidine rings is 1. The summed E-state index contributed by atoms with van der Waals surface area (Å²) in [5.74, 6) is 0.252. The average molecular weight is 424 g/mol. The fourth-order valence-corrected chi connectivity index (χ4v) is 4.98. The molecule has 1 amide bonds. The number of amides is 1. The molecule has 0 bridgehead atoms. The van der Waals surface area contributed by atoms with E-state index in [0.717, 1.165) is 18.4 Å². The second-order valence-electron chi connectivity index (χ2n) is 7.55. The number of fused-ring (bicyclic) bond motifs is 1. The van der Waals surface area contributed by atoms with Gasteiger partial charge in [-0.15, -0.1) is 6.58 Å². The monoisotopic (exact) mass is 423 g/mol. The Hall–Kier alpha value is -2.90. The summed E-state index contributed by atoms with van der Waals surface area (Å²) in [5, 5.41) is 1.20. The van der Waals surface area contributed by atoms with Gasteiger partial charge in [0, 0.05) is 42.3 Å². The topological polar surface area (TPSA) is 82.3 Å². The van der Waals surface area contributed by atoms with Gasteiger partial charge in [0.25, 0.3) is 5.91 Å². The van der Waals surface area contributed by atoms with Crippen molar-refractivity contribution < 1.29 is 13.2 Å². The van der Waals surface area contributed by atoms with E-state index in [0.29, 0.717) is 24.6 Å². The molecule has 4 rings (SSSR count). The molecule has 2 aromatic carbocycles. The van der Waals surface area contributed by atoms with Crippen LogP contribution in [0.25, 0.3) is 10.9 Å². The summed E-state index contributed by atoms with van der Waals surface area (Å²) < 4.78 is 27.1. The summed E-state index contributed by atoms with van der Waals surface area (Å²) in [7, 11) is -3.66. The molecule has 0 aliphatic carbocycles. The van der Waals surface area contributed by atoms with Gasteiger partial charge < -0.3 is 9.88 Å². The smallest absolute Gasteiger partial charge is 0.253 e. The molecular weight excluding hydrogens is 398 g/mol. The predicted octanol–water partition coefficient (Wildman–Crippen LogP) is 3.65. The molecule has 30 heavy (non-hydrogen) atoms. The molecule has 0 radical (unpaired) electrons. The fourth-order valence-electron chi connectivity index (χ4n) is 3.94. The number of carbonyl (C=O) groups excluding carboxylic acids is 1. The third kappa shape index (κ3) is 4.17. The number of nitrogens with one attached hydrogen (secondary N) is 2. The number of aromatic nitrogens is 1. The summed E-state index contributed by atoms with van der Waals surface area (Å²) in [6.45, 7) is 4.94. The number of aromatic amines is 1. The molecule has 2 heterocycles. The highest BCUT2D eigenvalue weighted by atomic mass is 32.2. The standard InChI is InChI=1S/C23H25N3O3S/c1-2-12-24-30(28,29)20-8-5-7-19(15-20)23(27)26-13-10-17(11-14-26)22-16-18-6-3-4-9-21(18)25-22/h2-9,15-17,24-25H,1,10-14H2. The molecule has 3 aromatic rings. The molecule has 1 aromatic heterocycles. The van der Waals surface area contributed by atoms with Gasteiger partial charge in [0.05, 0.1) is 4.90 Å². The first-order valence-corrected chi connectivity index (χ1v) is 11.5. The van der Waals surface area contributed by atoms with E-state index in [9.17, 15) is 13.2 Å². The Morgan fingerprint density at radius 2 is 1.90 bits per heavy atom. The lowest BCUT2D eigenvalue weighted by Crippen LogP contribution is -2.38. The van der Waals surface area contributed by atoms with Crippen LogP contribution in [0.15, 0.2) is 72.1 Å². The lowest BCUT2D eigenvalue weighted by Gasteiger charge is -2.31. The number of benzene rings is 2. The second kappa shape index (κ2) is 8.45. The first kappa shape index (κ1) is 20.4. The van der Waals surface area contributed by atoms with E-state index >= 15 is 0 Å². The van der Waals surface area contributed by atoms with Crippen LogP contribution in [-0.2, 0) is 10.0 Å². The maximum Gasteiger partial charge on any atom is 0.253 e. The van der Waals surface area contributed by atoms with Crippen LogP contribution >= 0.6 is 0 Å². The van der Waals surface area contributed by atoms with Gasteiger partial charge in [-0.2, -0.15) is 0 Å². The summed E-state index contributed by atoms with van der Waals surface area (Å²) in [6, 6.07) is 16.6. The Balaban J connectivity index is 1.44. The number of sulfonamides is 1. The van der Waals surface area contributed by atoms with E-state index in [1.807, 2.05) is 17.0 Å². The Labute approximate surface area is 176 Å². The number of nitrogens with zero attached hydrogens (tertiary/aromatic N) is 1. The zero-order valence-corrected chi connectivity index (χ0v) is 17.5. The molecule has 1 aliphatic heterocycles. The van der Waals surface area contributed by atoms with Crippen molar-refractivity contribution in [1.82, 2.24) is 14.6 Å². The van der Waals surface area contributed by atoms with Gasteiger partial charge in [-0.05, 0) is 48.6 Å². The maximum absolute atomic E-state index is 13.0. The van der Waals surface area contributed by atoms with Crippen molar-refractivity contribution in [3.05, 3.63) is 78.5 Å². The first-order valence-electron chi connectivity index (χ1n) is 10.1. The van der Waals surface area contributed by atoms with E-state index < -0.39 is 10.0 Å². The van der Waals surface area contributed by atoms with Gasteiger partial charge >= 0.3 is 0 Å². The van der Waals surface area contributed by atoms with Crippen LogP contribution in [0.4, 0.5) is 0 Å². The van der Waals surface area contributed by atoms with Crippen LogP contribution < -0.4 is 4.72 Å². The van der Waals surface area contributed by atoms with Crippen LogP contribution in [0.1, 0.15) is 34.8 Å². The van der Waals surface area contributed by atoms with Gasteiger partial charge in [0.15, 0.2) is 0 Å². The summed E-state index contributed by atoms with van der Waals surface area (Å²) >= 11 is 0. The summed E-state index contributed by atoms with van der Waals surface area (Å²) in [5.41, 5.74) is 2.74. The van der Waals surface area contributed by atoms with E-state index in [1.54, 1.807) is 12.1 Å². The lowest BCUT2D eigenvalue weighted by molar-refractivity contribution is 0.0712. The molecule has 0 atom stereocenters. The predicted molar refractivity (Wildman–Crippen MR) is 118 cm³/mol. The van der Waals surface area contributed by atoms with Crippen molar-refractivity contribution >= 4 is 26.8 Å². The van der Waals surface area contributed by atoms with E-state index in [-0.39, 0.29) is 17.3 Å². The van der Waals surface area contributed by atoms with Gasteiger partial charge in [-0.25, -0.2) is 13.1 Å². The zero-order chi connectivity index (χ0) is 21.1. The molecule has 156 valence electrons. The first-order chi connectivity index (χ1) is 14.5. The van der Waals surface area contributed by atoms with Crippen molar-refractivity contribution in [1.29, 1.82) is 0 Å².